The summed E-state index contributed by atoms with van der Waals surface area (Å²) in [4.78, 5) is 3.82. The van der Waals surface area contributed by atoms with Gasteiger partial charge < -0.3 is 5.11 Å². The van der Waals surface area contributed by atoms with E-state index in [4.69, 9.17) is 0 Å². The molecule has 0 unspecified atom stereocenters. The van der Waals surface area contributed by atoms with Gasteiger partial charge in [0.25, 0.3) is 0 Å². The molecule has 0 bridgehead atoms. The van der Waals surface area contributed by atoms with E-state index in [9.17, 15) is 5.11 Å². The summed E-state index contributed by atoms with van der Waals surface area (Å²) in [6, 6.07) is 1.86. The number of rotatable bonds is 1. The smallest absolute Gasteiger partial charge is 0.137 e. The maximum absolute atomic E-state index is 9.41. The second-order valence-corrected chi connectivity index (χ2v) is 4.24. The number of aromatic nitrogens is 1. The van der Waals surface area contributed by atoms with E-state index in [0.29, 0.717) is 5.75 Å². The summed E-state index contributed by atoms with van der Waals surface area (Å²) in [5, 5.41) is 9.41. The van der Waals surface area contributed by atoms with Gasteiger partial charge in [-0.2, -0.15) is 0 Å². The minimum atomic E-state index is 0.207. The summed E-state index contributed by atoms with van der Waals surface area (Å²) in [7, 11) is 0. The van der Waals surface area contributed by atoms with Crippen LogP contribution in [0.4, 0.5) is 0 Å². The number of hydrogen-bond donors (Lipinski definition) is 1. The van der Waals surface area contributed by atoms with Gasteiger partial charge in [-0.15, -0.1) is 0 Å². The summed E-state index contributed by atoms with van der Waals surface area (Å²) in [6.07, 6.45) is 4.07. The van der Waals surface area contributed by atoms with Crippen LogP contribution < -0.4 is 0 Å². The van der Waals surface area contributed by atoms with Crippen molar-refractivity contribution in [2.24, 2.45) is 5.41 Å². The average Bonchev–Trinajstić information content (AvgIpc) is 1.91. The number of nitrogens with zero attached hydrogens (tertiary/aromatic N) is 1. The lowest BCUT2D eigenvalue weighted by Gasteiger charge is -2.18. The van der Waals surface area contributed by atoms with Crippen molar-refractivity contribution in [3.8, 4) is 5.75 Å². The van der Waals surface area contributed by atoms with Gasteiger partial charge in [0.2, 0.25) is 0 Å². The molecule has 0 saturated carbocycles. The second-order valence-electron chi connectivity index (χ2n) is 4.24. The Morgan fingerprint density at radius 2 is 2.08 bits per heavy atom. The highest BCUT2D eigenvalue weighted by molar-refractivity contribution is 5.28. The van der Waals surface area contributed by atoms with Gasteiger partial charge in [0.1, 0.15) is 5.75 Å². The summed E-state index contributed by atoms with van der Waals surface area (Å²) in [5.74, 6) is 0.299. The summed E-state index contributed by atoms with van der Waals surface area (Å²) in [6.45, 7) is 6.44. The molecule has 1 aromatic rings. The van der Waals surface area contributed by atoms with Crippen LogP contribution in [-0.2, 0) is 6.42 Å². The SMILES string of the molecule is CC(C)(C)Cc1ccncc1O. The Labute approximate surface area is 73.3 Å². The van der Waals surface area contributed by atoms with Crippen LogP contribution >= 0.6 is 0 Å². The van der Waals surface area contributed by atoms with Crippen LogP contribution in [0.25, 0.3) is 0 Å². The van der Waals surface area contributed by atoms with Gasteiger partial charge in [0, 0.05) is 6.20 Å². The first-order valence-corrected chi connectivity index (χ1v) is 4.11. The van der Waals surface area contributed by atoms with Crippen LogP contribution in [0.3, 0.4) is 0 Å². The molecule has 0 fully saturated rings. The summed E-state index contributed by atoms with van der Waals surface area (Å²) < 4.78 is 0. The zero-order chi connectivity index (χ0) is 9.19. The first-order chi connectivity index (χ1) is 5.49. The zero-order valence-corrected chi connectivity index (χ0v) is 7.83. The first-order valence-electron chi connectivity index (χ1n) is 4.11. The number of pyridine rings is 1. The van der Waals surface area contributed by atoms with Gasteiger partial charge in [-0.1, -0.05) is 20.8 Å². The maximum Gasteiger partial charge on any atom is 0.137 e. The Bertz CT molecular complexity index is 263. The monoisotopic (exact) mass is 165 g/mol. The normalized spacial score (nSPS) is 11.6. The third kappa shape index (κ3) is 2.53. The lowest BCUT2D eigenvalue weighted by Crippen LogP contribution is -2.09. The molecule has 1 N–H and O–H groups in total. The lowest BCUT2D eigenvalue weighted by atomic mass is 9.88. The van der Waals surface area contributed by atoms with Crippen molar-refractivity contribution in [1.29, 1.82) is 0 Å². The molecule has 1 rings (SSSR count). The maximum atomic E-state index is 9.41. The fraction of sp³-hybridized carbons (Fsp3) is 0.500. The fourth-order valence-electron chi connectivity index (χ4n) is 1.14. The third-order valence-corrected chi connectivity index (χ3v) is 1.61. The van der Waals surface area contributed by atoms with Gasteiger partial charge in [0.05, 0.1) is 6.20 Å². The largest absolute Gasteiger partial charge is 0.506 e. The van der Waals surface area contributed by atoms with Crippen LogP contribution in [0, 0.1) is 5.41 Å². The van der Waals surface area contributed by atoms with Gasteiger partial charge in [-0.3, -0.25) is 4.98 Å². The van der Waals surface area contributed by atoms with Crippen LogP contribution in [0.15, 0.2) is 18.5 Å². The molecule has 12 heavy (non-hydrogen) atoms. The van der Waals surface area contributed by atoms with Crippen molar-refractivity contribution in [2.45, 2.75) is 27.2 Å². The first kappa shape index (κ1) is 9.04. The van der Waals surface area contributed by atoms with E-state index in [1.54, 1.807) is 6.20 Å². The molecule has 0 aliphatic heterocycles. The van der Waals surface area contributed by atoms with Crippen LogP contribution in [0.1, 0.15) is 26.3 Å². The quantitative estimate of drug-likeness (QED) is 0.693. The molecule has 0 aromatic carbocycles. The average molecular weight is 165 g/mol. The Morgan fingerprint density at radius 3 is 2.58 bits per heavy atom. The summed E-state index contributed by atoms with van der Waals surface area (Å²) >= 11 is 0. The van der Waals surface area contributed by atoms with E-state index in [1.165, 1.54) is 6.20 Å². The highest BCUT2D eigenvalue weighted by Gasteiger charge is 2.13. The van der Waals surface area contributed by atoms with Crippen molar-refractivity contribution < 1.29 is 5.11 Å². The van der Waals surface area contributed by atoms with Gasteiger partial charge in [0.15, 0.2) is 0 Å². The second kappa shape index (κ2) is 3.13. The van der Waals surface area contributed by atoms with Crippen molar-refractivity contribution in [3.05, 3.63) is 24.0 Å². The van der Waals surface area contributed by atoms with E-state index in [-0.39, 0.29) is 5.41 Å². The molecular weight excluding hydrogens is 150 g/mol. The molecule has 1 aromatic heterocycles. The Hall–Kier alpha value is -1.05. The Morgan fingerprint density at radius 1 is 1.42 bits per heavy atom. The molecule has 2 nitrogen and oxygen atoms in total. The van der Waals surface area contributed by atoms with E-state index < -0.39 is 0 Å². The molecule has 0 amide bonds. The lowest BCUT2D eigenvalue weighted by molar-refractivity contribution is 0.394. The molecule has 0 atom stereocenters. The van der Waals surface area contributed by atoms with Crippen molar-refractivity contribution >= 4 is 0 Å². The van der Waals surface area contributed by atoms with E-state index in [0.717, 1.165) is 12.0 Å². The standard InChI is InChI=1S/C10H15NO/c1-10(2,3)6-8-4-5-11-7-9(8)12/h4-5,7,12H,6H2,1-3H3. The molecule has 1 heterocycles. The van der Waals surface area contributed by atoms with Gasteiger partial charge >= 0.3 is 0 Å². The predicted octanol–water partition coefficient (Wildman–Crippen LogP) is 2.38. The van der Waals surface area contributed by atoms with Crippen molar-refractivity contribution in [2.75, 3.05) is 0 Å². The van der Waals surface area contributed by atoms with Crippen LogP contribution in [0.2, 0.25) is 0 Å². The Balaban J connectivity index is 2.83. The van der Waals surface area contributed by atoms with E-state index in [2.05, 4.69) is 25.8 Å². The Kier molecular flexibility index (Phi) is 2.36. The highest BCUT2D eigenvalue weighted by Crippen LogP contribution is 2.25. The topological polar surface area (TPSA) is 33.1 Å². The molecule has 2 heteroatoms. The fourth-order valence-corrected chi connectivity index (χ4v) is 1.14. The van der Waals surface area contributed by atoms with Gasteiger partial charge in [-0.05, 0) is 23.5 Å². The van der Waals surface area contributed by atoms with E-state index >= 15 is 0 Å². The molecule has 0 aliphatic rings. The van der Waals surface area contributed by atoms with Crippen LogP contribution in [-0.4, -0.2) is 10.1 Å². The number of aromatic hydroxyl groups is 1. The molecular formula is C10H15NO. The predicted molar refractivity (Wildman–Crippen MR) is 49.1 cm³/mol. The van der Waals surface area contributed by atoms with Crippen LogP contribution in [0.5, 0.6) is 5.75 Å². The minimum Gasteiger partial charge on any atom is -0.506 e. The molecule has 0 aliphatic carbocycles. The summed E-state index contributed by atoms with van der Waals surface area (Å²) in [5.41, 5.74) is 1.18. The zero-order valence-electron chi connectivity index (χ0n) is 7.83. The molecule has 0 saturated heterocycles. The number of hydrogen-bond acceptors (Lipinski definition) is 2. The van der Waals surface area contributed by atoms with Crippen molar-refractivity contribution in [1.82, 2.24) is 4.98 Å². The molecule has 66 valence electrons. The van der Waals surface area contributed by atoms with Crippen molar-refractivity contribution in [3.63, 3.8) is 0 Å². The molecule has 0 radical (unpaired) electrons. The highest BCUT2D eigenvalue weighted by atomic mass is 16.3. The molecule has 0 spiro atoms. The van der Waals surface area contributed by atoms with E-state index in [1.807, 2.05) is 6.07 Å². The third-order valence-electron chi connectivity index (χ3n) is 1.61. The van der Waals surface area contributed by atoms with Gasteiger partial charge in [-0.25, -0.2) is 0 Å². The minimum absolute atomic E-state index is 0.207.